The molecule has 3 aliphatic heterocycles. The molecule has 2 aromatic rings. The Morgan fingerprint density at radius 3 is 2.16 bits per heavy atom. The van der Waals surface area contributed by atoms with E-state index in [1.165, 1.54) is 19.1 Å². The van der Waals surface area contributed by atoms with Crippen LogP contribution in [-0.4, -0.2) is 69.6 Å². The zero-order valence-corrected chi connectivity index (χ0v) is 22.0. The maximum atomic E-state index is 13.5. The lowest BCUT2D eigenvalue weighted by Crippen LogP contribution is -2.68. The number of nitrogens with one attached hydrogen (secondary N) is 1. The van der Waals surface area contributed by atoms with Crippen LogP contribution in [0.3, 0.4) is 0 Å². The molecule has 38 heavy (non-hydrogen) atoms. The Hall–Kier alpha value is -2.73. The van der Waals surface area contributed by atoms with Gasteiger partial charge in [-0.3, -0.25) is 24.7 Å². The number of carbonyl (C=O) groups excluding carboxylic acids is 3. The zero-order chi connectivity index (χ0) is 27.2. The summed E-state index contributed by atoms with van der Waals surface area (Å²) in [4.78, 5) is 40.1. The summed E-state index contributed by atoms with van der Waals surface area (Å²) in [6.45, 7) is 1.15. The van der Waals surface area contributed by atoms with Gasteiger partial charge in [0.25, 0.3) is 15.6 Å². The molecule has 0 aromatic heterocycles. The predicted octanol–water partition coefficient (Wildman–Crippen LogP) is 3.79. The molecule has 0 bridgehead atoms. The fourth-order valence-electron chi connectivity index (χ4n) is 4.70. The van der Waals surface area contributed by atoms with Gasteiger partial charge >= 0.3 is 5.97 Å². The SMILES string of the molecule is CC(=O)O[C@H]1[C@@H]2OC(c3ccccc3)OC[C@H]2OC(OC(=N)C(Cl)(Cl)Cl)[C@@H]1N1C(=O)c2ccccc2C1=O. The molecular weight excluding hydrogens is 563 g/mol. The summed E-state index contributed by atoms with van der Waals surface area (Å²) in [5.41, 5.74) is 0.985. The second-order valence-corrected chi connectivity index (χ2v) is 11.0. The summed E-state index contributed by atoms with van der Waals surface area (Å²) in [6, 6.07) is 13.9. The van der Waals surface area contributed by atoms with E-state index in [0.717, 1.165) is 4.90 Å². The molecule has 200 valence electrons. The average Bonchev–Trinajstić information content (AvgIpc) is 3.13. The molecule has 0 saturated carbocycles. The highest BCUT2D eigenvalue weighted by Gasteiger charge is 2.59. The number of benzene rings is 2. The van der Waals surface area contributed by atoms with Crippen molar-refractivity contribution in [1.82, 2.24) is 4.90 Å². The molecule has 0 aliphatic carbocycles. The molecule has 0 spiro atoms. The maximum absolute atomic E-state index is 13.5. The first-order valence-electron chi connectivity index (χ1n) is 11.5. The van der Waals surface area contributed by atoms with Crippen molar-refractivity contribution in [1.29, 1.82) is 5.41 Å². The summed E-state index contributed by atoms with van der Waals surface area (Å²) < 4.78 is 27.0. The van der Waals surface area contributed by atoms with Crippen LogP contribution in [0.2, 0.25) is 0 Å². The second-order valence-electron chi connectivity index (χ2n) is 8.75. The molecule has 2 amide bonds. The van der Waals surface area contributed by atoms with Crippen LogP contribution in [0.15, 0.2) is 54.6 Å². The Morgan fingerprint density at radius 2 is 1.58 bits per heavy atom. The molecular formula is C25H21Cl3N2O8. The highest BCUT2D eigenvalue weighted by molar-refractivity contribution is 6.76. The first kappa shape index (κ1) is 26.9. The van der Waals surface area contributed by atoms with Gasteiger partial charge in [-0.25, -0.2) is 0 Å². The van der Waals surface area contributed by atoms with Gasteiger partial charge in [-0.1, -0.05) is 77.3 Å². The van der Waals surface area contributed by atoms with Crippen LogP contribution in [0, 0.1) is 5.41 Å². The van der Waals surface area contributed by atoms with E-state index in [0.29, 0.717) is 5.56 Å². The standard InChI is InChI=1S/C25H21Cl3N2O8/c1-12(31)35-19-17(30-20(32)14-9-5-6-10-15(14)21(30)33)23(38-24(29)25(26,27)28)36-16-11-34-22(37-18(16)19)13-7-3-2-4-8-13/h2-10,16-19,22-23,29H,11H2,1H3/t16-,17-,18-,19-,22?,23?/m1/s1. The fourth-order valence-corrected chi connectivity index (χ4v) is 4.83. The zero-order valence-electron chi connectivity index (χ0n) is 19.7. The highest BCUT2D eigenvalue weighted by Crippen LogP contribution is 2.40. The van der Waals surface area contributed by atoms with Gasteiger partial charge in [0, 0.05) is 12.5 Å². The molecule has 2 saturated heterocycles. The number of carbonyl (C=O) groups is 3. The van der Waals surface area contributed by atoms with Crippen LogP contribution in [0.5, 0.6) is 0 Å². The molecule has 2 fully saturated rings. The van der Waals surface area contributed by atoms with E-state index in [-0.39, 0.29) is 17.7 Å². The Morgan fingerprint density at radius 1 is 0.974 bits per heavy atom. The number of esters is 1. The van der Waals surface area contributed by atoms with E-state index < -0.39 is 64.4 Å². The van der Waals surface area contributed by atoms with E-state index in [1.54, 1.807) is 24.3 Å². The van der Waals surface area contributed by atoms with Gasteiger partial charge in [0.1, 0.15) is 18.2 Å². The molecule has 1 N–H and O–H groups in total. The quantitative estimate of drug-likeness (QED) is 0.190. The normalized spacial score (nSPS) is 28.9. The topological polar surface area (TPSA) is 124 Å². The fraction of sp³-hybridized carbons (Fsp3) is 0.360. The Balaban J connectivity index is 1.56. The van der Waals surface area contributed by atoms with Gasteiger partial charge in [-0.2, -0.15) is 0 Å². The van der Waals surface area contributed by atoms with Crippen LogP contribution < -0.4 is 0 Å². The lowest BCUT2D eigenvalue weighted by molar-refractivity contribution is -0.341. The van der Waals surface area contributed by atoms with Gasteiger partial charge < -0.3 is 23.7 Å². The summed E-state index contributed by atoms with van der Waals surface area (Å²) >= 11 is 17.5. The Bertz CT molecular complexity index is 1240. The lowest BCUT2D eigenvalue weighted by atomic mass is 9.94. The number of alkyl halides is 3. The number of rotatable bonds is 4. The number of imide groups is 1. The number of fused-ring (bicyclic) bond motifs is 2. The van der Waals surface area contributed by atoms with Crippen molar-refractivity contribution in [2.24, 2.45) is 0 Å². The van der Waals surface area contributed by atoms with Crippen molar-refractivity contribution in [3.05, 3.63) is 71.3 Å². The molecule has 2 aromatic carbocycles. The molecule has 6 atom stereocenters. The molecule has 3 aliphatic rings. The van der Waals surface area contributed by atoms with Gasteiger partial charge in [0.15, 0.2) is 12.4 Å². The summed E-state index contributed by atoms with van der Waals surface area (Å²) in [6.07, 6.45) is -5.57. The van der Waals surface area contributed by atoms with Crippen LogP contribution in [0.1, 0.15) is 39.5 Å². The van der Waals surface area contributed by atoms with Gasteiger partial charge in [-0.05, 0) is 12.1 Å². The molecule has 5 rings (SSSR count). The van der Waals surface area contributed by atoms with Crippen molar-refractivity contribution in [2.45, 2.75) is 47.7 Å². The number of halogens is 3. The van der Waals surface area contributed by atoms with E-state index in [1.807, 2.05) is 18.2 Å². The molecule has 10 nitrogen and oxygen atoms in total. The van der Waals surface area contributed by atoms with Crippen molar-refractivity contribution >= 4 is 58.5 Å². The summed E-state index contributed by atoms with van der Waals surface area (Å²) in [5.74, 6) is -2.88. The van der Waals surface area contributed by atoms with Gasteiger partial charge in [0.2, 0.25) is 12.2 Å². The van der Waals surface area contributed by atoms with E-state index >= 15 is 0 Å². The number of hydrogen-bond donors (Lipinski definition) is 1. The monoisotopic (exact) mass is 582 g/mol. The lowest BCUT2D eigenvalue weighted by Gasteiger charge is -2.50. The number of hydrogen-bond acceptors (Lipinski definition) is 9. The van der Waals surface area contributed by atoms with Gasteiger partial charge in [-0.15, -0.1) is 0 Å². The van der Waals surface area contributed by atoms with Crippen LogP contribution in [-0.2, 0) is 28.5 Å². The molecule has 0 radical (unpaired) electrons. The van der Waals surface area contributed by atoms with Crippen LogP contribution >= 0.6 is 34.8 Å². The van der Waals surface area contributed by atoms with Crippen molar-refractivity contribution in [3.63, 3.8) is 0 Å². The number of nitrogens with zero attached hydrogens (tertiary/aromatic N) is 1. The second kappa shape index (κ2) is 10.4. The van der Waals surface area contributed by atoms with Crippen molar-refractivity contribution in [3.8, 4) is 0 Å². The van der Waals surface area contributed by atoms with E-state index in [9.17, 15) is 14.4 Å². The third kappa shape index (κ3) is 5.00. The Labute approximate surface area is 232 Å². The third-order valence-corrected chi connectivity index (χ3v) is 6.81. The smallest absolute Gasteiger partial charge is 0.303 e. The van der Waals surface area contributed by atoms with Crippen molar-refractivity contribution < 1.29 is 38.1 Å². The van der Waals surface area contributed by atoms with E-state index in [2.05, 4.69) is 0 Å². The number of amides is 2. The van der Waals surface area contributed by atoms with Gasteiger partial charge in [0.05, 0.1) is 17.7 Å². The summed E-state index contributed by atoms with van der Waals surface area (Å²) in [5, 5.41) is 8.09. The third-order valence-electron chi connectivity index (χ3n) is 6.30. The minimum atomic E-state index is -2.28. The molecule has 2 unspecified atom stereocenters. The highest BCUT2D eigenvalue weighted by atomic mass is 35.6. The first-order chi connectivity index (χ1) is 18.1. The largest absolute Gasteiger partial charge is 0.457 e. The van der Waals surface area contributed by atoms with E-state index in [4.69, 9.17) is 63.9 Å². The van der Waals surface area contributed by atoms with Crippen LogP contribution in [0.25, 0.3) is 0 Å². The predicted molar refractivity (Wildman–Crippen MR) is 134 cm³/mol. The minimum Gasteiger partial charge on any atom is -0.457 e. The maximum Gasteiger partial charge on any atom is 0.303 e. The molecule has 3 heterocycles. The summed E-state index contributed by atoms with van der Waals surface area (Å²) in [7, 11) is 0. The average molecular weight is 584 g/mol. The first-order valence-corrected chi connectivity index (χ1v) is 12.6. The van der Waals surface area contributed by atoms with Crippen LogP contribution in [0.4, 0.5) is 0 Å². The Kier molecular flexibility index (Phi) is 7.38. The van der Waals surface area contributed by atoms with Crippen molar-refractivity contribution in [2.75, 3.05) is 6.61 Å². The number of ether oxygens (including phenoxy) is 5. The molecule has 13 heteroatoms. The minimum absolute atomic E-state index is 0.0300.